The number of thiophene rings is 1. The van der Waals surface area contributed by atoms with Gasteiger partial charge in [-0.15, -0.1) is 23.1 Å². The fourth-order valence-electron chi connectivity index (χ4n) is 1.59. The van der Waals surface area contributed by atoms with Gasteiger partial charge in [0.15, 0.2) is 0 Å². The Bertz CT molecular complexity index is 526. The first-order valence-corrected chi connectivity index (χ1v) is 7.92. The third-order valence-electron chi connectivity index (χ3n) is 2.46. The smallest absolute Gasteiger partial charge is 0.224 e. The van der Waals surface area contributed by atoms with Crippen LogP contribution < -0.4 is 11.1 Å². The Hall–Kier alpha value is -1.46. The Labute approximate surface area is 121 Å². The first kappa shape index (κ1) is 14.0. The van der Waals surface area contributed by atoms with Crippen LogP contribution in [0.1, 0.15) is 12.8 Å². The molecule has 0 bridgehead atoms. The lowest BCUT2D eigenvalue weighted by Crippen LogP contribution is -2.11. The molecule has 0 spiro atoms. The van der Waals surface area contributed by atoms with E-state index in [0.29, 0.717) is 12.1 Å². The Morgan fingerprint density at radius 3 is 2.95 bits per heavy atom. The van der Waals surface area contributed by atoms with Crippen molar-refractivity contribution < 1.29 is 4.79 Å². The molecule has 19 heavy (non-hydrogen) atoms. The summed E-state index contributed by atoms with van der Waals surface area (Å²) in [5, 5.41) is 4.92. The average Bonchev–Trinajstić information content (AvgIpc) is 2.88. The highest BCUT2D eigenvalue weighted by Gasteiger charge is 2.03. The molecule has 1 aromatic heterocycles. The molecule has 0 aliphatic rings. The lowest BCUT2D eigenvalue weighted by molar-refractivity contribution is -0.116. The summed E-state index contributed by atoms with van der Waals surface area (Å²) in [5.41, 5.74) is 7.08. The van der Waals surface area contributed by atoms with Crippen molar-refractivity contribution in [1.29, 1.82) is 0 Å². The van der Waals surface area contributed by atoms with E-state index in [4.69, 9.17) is 5.73 Å². The molecule has 0 radical (unpaired) electrons. The van der Waals surface area contributed by atoms with Gasteiger partial charge in [0, 0.05) is 17.8 Å². The largest absolute Gasteiger partial charge is 0.399 e. The van der Waals surface area contributed by atoms with Crippen LogP contribution in [0.15, 0.2) is 46.0 Å². The molecule has 0 atom stereocenters. The molecule has 0 unspecified atom stereocenters. The van der Waals surface area contributed by atoms with Gasteiger partial charge in [-0.1, -0.05) is 12.1 Å². The minimum Gasteiger partial charge on any atom is -0.399 e. The van der Waals surface area contributed by atoms with Gasteiger partial charge >= 0.3 is 0 Å². The number of nitrogen functional groups attached to an aromatic ring is 1. The van der Waals surface area contributed by atoms with Crippen molar-refractivity contribution in [3.05, 3.63) is 41.8 Å². The second-order valence-corrected chi connectivity index (χ2v) is 6.40. The molecule has 0 aliphatic heterocycles. The zero-order valence-corrected chi connectivity index (χ0v) is 12.1. The molecule has 1 amide bonds. The molecule has 3 nitrogen and oxygen atoms in total. The van der Waals surface area contributed by atoms with Crippen LogP contribution in [-0.4, -0.2) is 11.7 Å². The fourth-order valence-corrected chi connectivity index (χ4v) is 3.39. The van der Waals surface area contributed by atoms with E-state index in [9.17, 15) is 4.79 Å². The van der Waals surface area contributed by atoms with Crippen molar-refractivity contribution in [3.8, 4) is 0 Å². The van der Waals surface area contributed by atoms with Gasteiger partial charge in [0.1, 0.15) is 0 Å². The van der Waals surface area contributed by atoms with Crippen molar-refractivity contribution >= 4 is 40.4 Å². The van der Waals surface area contributed by atoms with E-state index in [1.807, 2.05) is 18.2 Å². The van der Waals surface area contributed by atoms with Crippen molar-refractivity contribution in [1.82, 2.24) is 0 Å². The minimum atomic E-state index is 0.0392. The molecule has 100 valence electrons. The van der Waals surface area contributed by atoms with Crippen LogP contribution in [-0.2, 0) is 4.79 Å². The van der Waals surface area contributed by atoms with Crippen molar-refractivity contribution in [2.45, 2.75) is 17.1 Å². The molecule has 2 aromatic rings. The highest BCUT2D eigenvalue weighted by molar-refractivity contribution is 8.01. The minimum absolute atomic E-state index is 0.0392. The lowest BCUT2D eigenvalue weighted by Gasteiger charge is -2.05. The summed E-state index contributed by atoms with van der Waals surface area (Å²) >= 11 is 3.53. The Kier molecular flexibility index (Phi) is 5.30. The standard InChI is InChI=1S/C14H16N2OS2/c15-11-4-1-5-12(10-11)16-13(17)6-2-8-18-14-7-3-9-19-14/h1,3-5,7,9-10H,2,6,8,15H2,(H,16,17). The molecular formula is C14H16N2OS2. The van der Waals surface area contributed by atoms with Crippen LogP contribution in [0.25, 0.3) is 0 Å². The highest BCUT2D eigenvalue weighted by atomic mass is 32.2. The summed E-state index contributed by atoms with van der Waals surface area (Å²) in [6.07, 6.45) is 1.41. The average molecular weight is 292 g/mol. The summed E-state index contributed by atoms with van der Waals surface area (Å²) in [4.78, 5) is 11.7. The van der Waals surface area contributed by atoms with Gasteiger partial charge in [0.05, 0.1) is 4.21 Å². The molecule has 0 aliphatic carbocycles. The molecular weight excluding hydrogens is 276 g/mol. The van der Waals surface area contributed by atoms with Crippen molar-refractivity contribution in [2.75, 3.05) is 16.8 Å². The fraction of sp³-hybridized carbons (Fsp3) is 0.214. The van der Waals surface area contributed by atoms with Crippen LogP contribution in [0.2, 0.25) is 0 Å². The monoisotopic (exact) mass is 292 g/mol. The normalized spacial score (nSPS) is 10.3. The lowest BCUT2D eigenvalue weighted by atomic mass is 10.2. The maximum Gasteiger partial charge on any atom is 0.224 e. The number of anilines is 2. The molecule has 0 saturated heterocycles. The van der Waals surface area contributed by atoms with Crippen LogP contribution in [0.5, 0.6) is 0 Å². The Morgan fingerprint density at radius 2 is 2.21 bits per heavy atom. The maximum absolute atomic E-state index is 11.7. The first-order chi connectivity index (χ1) is 9.24. The van der Waals surface area contributed by atoms with E-state index in [2.05, 4.69) is 16.8 Å². The first-order valence-electron chi connectivity index (χ1n) is 6.06. The number of nitrogens with two attached hydrogens (primary N) is 1. The van der Waals surface area contributed by atoms with Crippen LogP contribution >= 0.6 is 23.1 Å². The summed E-state index contributed by atoms with van der Waals surface area (Å²) in [7, 11) is 0. The van der Waals surface area contributed by atoms with Gasteiger partial charge in [-0.25, -0.2) is 0 Å². The van der Waals surface area contributed by atoms with Gasteiger partial charge < -0.3 is 11.1 Å². The molecule has 0 saturated carbocycles. The zero-order chi connectivity index (χ0) is 13.5. The maximum atomic E-state index is 11.7. The summed E-state index contributed by atoms with van der Waals surface area (Å²) in [5.74, 6) is 1.00. The number of hydrogen-bond acceptors (Lipinski definition) is 4. The quantitative estimate of drug-likeness (QED) is 0.483. The third-order valence-corrected chi connectivity index (χ3v) is 4.68. The van der Waals surface area contributed by atoms with E-state index in [1.54, 1.807) is 35.2 Å². The number of nitrogens with one attached hydrogen (secondary N) is 1. The van der Waals surface area contributed by atoms with E-state index < -0.39 is 0 Å². The third kappa shape index (κ3) is 4.96. The number of carbonyl (C=O) groups excluding carboxylic acids is 1. The SMILES string of the molecule is Nc1cccc(NC(=O)CCCSc2cccs2)c1. The Balaban J connectivity index is 1.67. The van der Waals surface area contributed by atoms with Crippen molar-refractivity contribution in [3.63, 3.8) is 0 Å². The highest BCUT2D eigenvalue weighted by Crippen LogP contribution is 2.24. The van der Waals surface area contributed by atoms with Gasteiger partial charge in [-0.3, -0.25) is 4.79 Å². The van der Waals surface area contributed by atoms with Gasteiger partial charge in [0.25, 0.3) is 0 Å². The zero-order valence-electron chi connectivity index (χ0n) is 10.5. The summed E-state index contributed by atoms with van der Waals surface area (Å²) in [6.45, 7) is 0. The molecule has 0 fully saturated rings. The Morgan fingerprint density at radius 1 is 1.32 bits per heavy atom. The molecule has 1 aromatic carbocycles. The second-order valence-electron chi connectivity index (χ2n) is 4.06. The van der Waals surface area contributed by atoms with Crippen LogP contribution in [0, 0.1) is 0 Å². The van der Waals surface area contributed by atoms with Gasteiger partial charge in [0.2, 0.25) is 5.91 Å². The van der Waals surface area contributed by atoms with Crippen LogP contribution in [0.4, 0.5) is 11.4 Å². The molecule has 1 heterocycles. The van der Waals surface area contributed by atoms with E-state index in [-0.39, 0.29) is 5.91 Å². The number of carbonyl (C=O) groups is 1. The van der Waals surface area contributed by atoms with E-state index in [1.165, 1.54) is 4.21 Å². The number of rotatable bonds is 6. The summed E-state index contributed by atoms with van der Waals surface area (Å²) in [6, 6.07) is 11.4. The van der Waals surface area contributed by atoms with Gasteiger partial charge in [-0.05, 0) is 41.8 Å². The number of thioether (sulfide) groups is 1. The second kappa shape index (κ2) is 7.21. The number of amides is 1. The van der Waals surface area contributed by atoms with E-state index >= 15 is 0 Å². The topological polar surface area (TPSA) is 55.1 Å². The van der Waals surface area contributed by atoms with Gasteiger partial charge in [-0.2, -0.15) is 0 Å². The predicted octanol–water partition coefficient (Wildman–Crippen LogP) is 3.84. The molecule has 5 heteroatoms. The number of benzene rings is 1. The number of hydrogen-bond donors (Lipinski definition) is 2. The van der Waals surface area contributed by atoms with Crippen molar-refractivity contribution in [2.24, 2.45) is 0 Å². The molecule has 2 rings (SSSR count). The summed E-state index contributed by atoms with van der Waals surface area (Å²) < 4.78 is 1.30. The predicted molar refractivity (Wildman–Crippen MR) is 83.8 cm³/mol. The van der Waals surface area contributed by atoms with Crippen LogP contribution in [0.3, 0.4) is 0 Å². The molecule has 3 N–H and O–H groups in total. The van der Waals surface area contributed by atoms with E-state index in [0.717, 1.165) is 17.9 Å².